The van der Waals surface area contributed by atoms with E-state index in [1.807, 2.05) is 35.2 Å². The zero-order valence-corrected chi connectivity index (χ0v) is 17.9. The predicted octanol–water partition coefficient (Wildman–Crippen LogP) is 3.76. The van der Waals surface area contributed by atoms with Gasteiger partial charge in [-0.25, -0.2) is 12.8 Å². The van der Waals surface area contributed by atoms with Crippen LogP contribution in [0.2, 0.25) is 5.02 Å². The molecule has 0 radical (unpaired) electrons. The fourth-order valence-electron chi connectivity index (χ4n) is 3.39. The highest BCUT2D eigenvalue weighted by atomic mass is 35.5. The first-order valence-corrected chi connectivity index (χ1v) is 11.3. The molecule has 4 rings (SSSR count). The molecule has 30 heavy (non-hydrogen) atoms. The van der Waals surface area contributed by atoms with Crippen molar-refractivity contribution < 1.29 is 12.8 Å². The second kappa shape index (κ2) is 8.29. The van der Waals surface area contributed by atoms with E-state index in [0.717, 1.165) is 5.56 Å². The van der Waals surface area contributed by atoms with E-state index >= 15 is 0 Å². The Balaban J connectivity index is 1.45. The molecule has 1 aliphatic heterocycles. The normalized spacial score (nSPS) is 15.4. The van der Waals surface area contributed by atoms with Crippen molar-refractivity contribution in [3.8, 4) is 11.3 Å². The molecule has 156 valence electrons. The first-order valence-electron chi connectivity index (χ1n) is 9.46. The van der Waals surface area contributed by atoms with Gasteiger partial charge in [0.1, 0.15) is 5.82 Å². The number of hydrogen-bond acceptors (Lipinski definition) is 5. The highest BCUT2D eigenvalue weighted by molar-refractivity contribution is 7.89. The number of rotatable bonds is 4. The fraction of sp³-hybridized carbons (Fsp3) is 0.238. The van der Waals surface area contributed by atoms with E-state index in [1.54, 1.807) is 13.0 Å². The van der Waals surface area contributed by atoms with Crippen molar-refractivity contribution in [3.63, 3.8) is 0 Å². The Bertz CT molecular complexity index is 1160. The maximum Gasteiger partial charge on any atom is 0.243 e. The number of hydrogen-bond donors (Lipinski definition) is 0. The van der Waals surface area contributed by atoms with E-state index in [9.17, 15) is 12.8 Å². The monoisotopic (exact) mass is 446 g/mol. The zero-order chi connectivity index (χ0) is 21.3. The lowest BCUT2D eigenvalue weighted by Crippen LogP contribution is -2.49. The molecule has 0 atom stereocenters. The molecule has 2 heterocycles. The number of halogens is 2. The third kappa shape index (κ3) is 4.03. The van der Waals surface area contributed by atoms with Crippen LogP contribution in [-0.2, 0) is 10.0 Å². The molecular formula is C21H20ClFN4O2S. The van der Waals surface area contributed by atoms with E-state index in [-0.39, 0.29) is 4.90 Å². The summed E-state index contributed by atoms with van der Waals surface area (Å²) in [6, 6.07) is 15.0. The number of benzene rings is 2. The molecule has 0 spiro atoms. The summed E-state index contributed by atoms with van der Waals surface area (Å²) in [6.45, 7) is 3.15. The first kappa shape index (κ1) is 20.7. The lowest BCUT2D eigenvalue weighted by molar-refractivity contribution is 0.383. The molecule has 0 unspecified atom stereocenters. The topological polar surface area (TPSA) is 66.4 Å². The Morgan fingerprint density at radius 2 is 1.70 bits per heavy atom. The minimum atomic E-state index is -3.67. The number of nitrogens with zero attached hydrogens (tertiary/aromatic N) is 4. The van der Waals surface area contributed by atoms with Crippen LogP contribution in [0.25, 0.3) is 11.3 Å². The molecule has 1 aliphatic rings. The quantitative estimate of drug-likeness (QED) is 0.610. The summed E-state index contributed by atoms with van der Waals surface area (Å²) < 4.78 is 40.7. The average molecular weight is 447 g/mol. The molecule has 3 aromatic rings. The summed E-state index contributed by atoms with van der Waals surface area (Å²) in [5, 5.41) is 9.17. The summed E-state index contributed by atoms with van der Waals surface area (Å²) in [7, 11) is -3.67. The number of sulfonamides is 1. The summed E-state index contributed by atoms with van der Waals surface area (Å²) in [5.74, 6) is 0.262. The molecule has 9 heteroatoms. The maximum absolute atomic E-state index is 13.5. The molecule has 0 saturated carbocycles. The zero-order valence-electron chi connectivity index (χ0n) is 16.3. The summed E-state index contributed by atoms with van der Waals surface area (Å²) in [4.78, 5) is 2.10. The van der Waals surface area contributed by atoms with Gasteiger partial charge in [-0.2, -0.15) is 4.31 Å². The van der Waals surface area contributed by atoms with Gasteiger partial charge in [-0.15, -0.1) is 10.2 Å². The SMILES string of the molecule is Cc1cc(S(=O)(=O)N2CCN(c3ccc(-c4ccccc4Cl)nn3)CC2)ccc1F. The number of anilines is 1. The third-order valence-corrected chi connectivity index (χ3v) is 7.35. The molecule has 6 nitrogen and oxygen atoms in total. The van der Waals surface area contributed by atoms with Crippen LogP contribution in [0.4, 0.5) is 10.2 Å². The van der Waals surface area contributed by atoms with Gasteiger partial charge in [0, 0.05) is 31.7 Å². The van der Waals surface area contributed by atoms with Crippen molar-refractivity contribution in [1.82, 2.24) is 14.5 Å². The summed E-state index contributed by atoms with van der Waals surface area (Å²) in [5.41, 5.74) is 1.80. The van der Waals surface area contributed by atoms with Crippen LogP contribution in [0.5, 0.6) is 0 Å². The molecule has 1 saturated heterocycles. The standard InChI is InChI=1S/C21H20ClFN4O2S/c1-15-14-16(6-7-19(15)23)30(28,29)27-12-10-26(11-13-27)21-9-8-20(24-25-21)17-4-2-3-5-18(17)22/h2-9,14H,10-13H2,1H3. The Morgan fingerprint density at radius 1 is 0.967 bits per heavy atom. The highest BCUT2D eigenvalue weighted by Crippen LogP contribution is 2.27. The summed E-state index contributed by atoms with van der Waals surface area (Å²) >= 11 is 6.21. The fourth-order valence-corrected chi connectivity index (χ4v) is 5.13. The molecule has 2 aromatic carbocycles. The van der Waals surface area contributed by atoms with Crippen LogP contribution in [0.15, 0.2) is 59.5 Å². The van der Waals surface area contributed by atoms with Gasteiger partial charge in [0.05, 0.1) is 15.6 Å². The minimum absolute atomic E-state index is 0.110. The van der Waals surface area contributed by atoms with Crippen LogP contribution >= 0.6 is 11.6 Å². The lowest BCUT2D eigenvalue weighted by Gasteiger charge is -2.34. The Hall–Kier alpha value is -2.55. The molecular weight excluding hydrogens is 427 g/mol. The van der Waals surface area contributed by atoms with Gasteiger partial charge in [0.25, 0.3) is 0 Å². The van der Waals surface area contributed by atoms with E-state index in [0.29, 0.717) is 48.3 Å². The third-order valence-electron chi connectivity index (χ3n) is 5.13. The van der Waals surface area contributed by atoms with E-state index in [2.05, 4.69) is 10.2 Å². The van der Waals surface area contributed by atoms with Crippen LogP contribution in [0, 0.1) is 12.7 Å². The van der Waals surface area contributed by atoms with Crippen LogP contribution in [-0.4, -0.2) is 49.1 Å². The van der Waals surface area contributed by atoms with Gasteiger partial charge in [0.2, 0.25) is 10.0 Å². The number of aryl methyl sites for hydroxylation is 1. The Labute approximate surface area is 180 Å². The first-order chi connectivity index (χ1) is 14.4. The van der Waals surface area contributed by atoms with Crippen molar-refractivity contribution in [2.45, 2.75) is 11.8 Å². The van der Waals surface area contributed by atoms with Gasteiger partial charge in [0.15, 0.2) is 5.82 Å². The van der Waals surface area contributed by atoms with Crippen LogP contribution in [0.1, 0.15) is 5.56 Å². The second-order valence-corrected chi connectivity index (χ2v) is 9.40. The Kier molecular flexibility index (Phi) is 5.73. The van der Waals surface area contributed by atoms with Gasteiger partial charge in [-0.3, -0.25) is 0 Å². The van der Waals surface area contributed by atoms with Gasteiger partial charge in [-0.1, -0.05) is 29.8 Å². The van der Waals surface area contributed by atoms with Crippen molar-refractivity contribution in [2.75, 3.05) is 31.1 Å². The van der Waals surface area contributed by atoms with Crippen LogP contribution in [0.3, 0.4) is 0 Å². The largest absolute Gasteiger partial charge is 0.352 e. The Morgan fingerprint density at radius 3 is 2.33 bits per heavy atom. The smallest absolute Gasteiger partial charge is 0.243 e. The average Bonchev–Trinajstić information content (AvgIpc) is 2.76. The van der Waals surface area contributed by atoms with E-state index in [1.165, 1.54) is 22.5 Å². The van der Waals surface area contributed by atoms with Gasteiger partial charge >= 0.3 is 0 Å². The predicted molar refractivity (Wildman–Crippen MR) is 115 cm³/mol. The van der Waals surface area contributed by atoms with Crippen LogP contribution < -0.4 is 4.90 Å². The molecule has 1 fully saturated rings. The summed E-state index contributed by atoms with van der Waals surface area (Å²) in [6.07, 6.45) is 0. The minimum Gasteiger partial charge on any atom is -0.352 e. The van der Waals surface area contributed by atoms with Crippen molar-refractivity contribution in [1.29, 1.82) is 0 Å². The lowest BCUT2D eigenvalue weighted by atomic mass is 10.1. The second-order valence-electron chi connectivity index (χ2n) is 7.06. The number of piperazine rings is 1. The number of aromatic nitrogens is 2. The molecule has 0 N–H and O–H groups in total. The highest BCUT2D eigenvalue weighted by Gasteiger charge is 2.29. The maximum atomic E-state index is 13.5. The van der Waals surface area contributed by atoms with E-state index in [4.69, 9.17) is 11.6 Å². The molecule has 0 amide bonds. The molecule has 0 aliphatic carbocycles. The molecule has 0 bridgehead atoms. The van der Waals surface area contributed by atoms with Gasteiger partial charge < -0.3 is 4.90 Å². The van der Waals surface area contributed by atoms with E-state index < -0.39 is 15.8 Å². The van der Waals surface area contributed by atoms with Crippen molar-refractivity contribution >= 4 is 27.4 Å². The van der Waals surface area contributed by atoms with Crippen molar-refractivity contribution in [3.05, 3.63) is 71.0 Å². The van der Waals surface area contributed by atoms with Crippen molar-refractivity contribution in [2.24, 2.45) is 0 Å². The van der Waals surface area contributed by atoms with Gasteiger partial charge in [-0.05, 0) is 48.9 Å². The molecule has 1 aromatic heterocycles.